The van der Waals surface area contributed by atoms with Crippen molar-refractivity contribution in [1.82, 2.24) is 19.5 Å². The summed E-state index contributed by atoms with van der Waals surface area (Å²) in [5, 5.41) is 5.24. The van der Waals surface area contributed by atoms with Crippen molar-refractivity contribution >= 4 is 27.3 Å². The van der Waals surface area contributed by atoms with Gasteiger partial charge in [0.05, 0.1) is 39.2 Å². The maximum atomic E-state index is 12.5. The Hall–Kier alpha value is -2.89. The van der Waals surface area contributed by atoms with E-state index < -0.39 is 16.0 Å². The van der Waals surface area contributed by atoms with Gasteiger partial charge < -0.3 is 4.74 Å². The lowest BCUT2D eigenvalue weighted by atomic mass is 10.2. The van der Waals surface area contributed by atoms with Crippen LogP contribution in [0.1, 0.15) is 28.0 Å². The van der Waals surface area contributed by atoms with Crippen LogP contribution >= 0.6 is 11.3 Å². The number of hydrogen-bond donors (Lipinski definition) is 1. The van der Waals surface area contributed by atoms with Gasteiger partial charge in [0, 0.05) is 12.6 Å². The van der Waals surface area contributed by atoms with Gasteiger partial charge in [-0.3, -0.25) is 4.79 Å². The van der Waals surface area contributed by atoms with Crippen molar-refractivity contribution in [2.45, 2.75) is 32.2 Å². The molecule has 0 spiro atoms. The molecule has 11 heteroatoms. The molecular formula is C20H22N4O5S2. The fraction of sp³-hybridized carbons (Fsp3) is 0.300. The van der Waals surface area contributed by atoms with E-state index in [9.17, 15) is 18.0 Å². The largest absolute Gasteiger partial charge is 0.462 e. The minimum absolute atomic E-state index is 0.00497. The number of hydrogen-bond acceptors (Lipinski definition) is 8. The third-order valence-corrected chi connectivity index (χ3v) is 6.87. The Labute approximate surface area is 183 Å². The highest BCUT2D eigenvalue weighted by Crippen LogP contribution is 2.27. The molecule has 0 fully saturated rings. The zero-order valence-corrected chi connectivity index (χ0v) is 18.9. The van der Waals surface area contributed by atoms with E-state index in [2.05, 4.69) is 14.8 Å². The second-order valence-electron chi connectivity index (χ2n) is 6.57. The standard InChI is InChI=1S/C20H22N4O5S2/c1-4-29-20(26)15-5-7-16(8-6-15)31(27,28)21-11-12-24-18(25)10-9-17(23-24)19-13(2)22-14(3)30-19/h5-10,21H,4,11-12H2,1-3H3. The second kappa shape index (κ2) is 9.50. The topological polar surface area (TPSA) is 120 Å². The molecule has 0 unspecified atom stereocenters. The van der Waals surface area contributed by atoms with Crippen LogP contribution in [-0.2, 0) is 21.3 Å². The summed E-state index contributed by atoms with van der Waals surface area (Å²) in [5.41, 5.74) is 1.37. The zero-order valence-electron chi connectivity index (χ0n) is 17.3. The Kier molecular flexibility index (Phi) is 6.98. The molecule has 164 valence electrons. The number of ether oxygens (including phenoxy) is 1. The summed E-state index contributed by atoms with van der Waals surface area (Å²) in [5.74, 6) is -0.517. The molecule has 0 radical (unpaired) electrons. The van der Waals surface area contributed by atoms with E-state index in [-0.39, 0.29) is 35.7 Å². The lowest BCUT2D eigenvalue weighted by Crippen LogP contribution is -2.32. The van der Waals surface area contributed by atoms with Crippen LogP contribution in [0, 0.1) is 13.8 Å². The monoisotopic (exact) mass is 462 g/mol. The van der Waals surface area contributed by atoms with Crippen LogP contribution in [0.3, 0.4) is 0 Å². The zero-order chi connectivity index (χ0) is 22.6. The van der Waals surface area contributed by atoms with Crippen molar-refractivity contribution in [2.24, 2.45) is 0 Å². The van der Waals surface area contributed by atoms with Crippen molar-refractivity contribution in [2.75, 3.05) is 13.2 Å². The molecule has 1 aromatic carbocycles. The number of aryl methyl sites for hydroxylation is 2. The molecule has 1 N–H and O–H groups in total. The number of esters is 1. The highest BCUT2D eigenvalue weighted by atomic mass is 32.2. The van der Waals surface area contributed by atoms with Gasteiger partial charge in [-0.1, -0.05) is 0 Å². The van der Waals surface area contributed by atoms with Crippen molar-refractivity contribution in [3.05, 3.63) is 63.0 Å². The maximum absolute atomic E-state index is 12.5. The average molecular weight is 463 g/mol. The molecular weight excluding hydrogens is 440 g/mol. The summed E-state index contributed by atoms with van der Waals surface area (Å²) in [6, 6.07) is 8.47. The molecule has 3 rings (SSSR count). The minimum atomic E-state index is -3.82. The van der Waals surface area contributed by atoms with Gasteiger partial charge in [-0.15, -0.1) is 11.3 Å². The fourth-order valence-electron chi connectivity index (χ4n) is 2.85. The number of aromatic nitrogens is 3. The lowest BCUT2D eigenvalue weighted by molar-refractivity contribution is 0.0526. The SMILES string of the molecule is CCOC(=O)c1ccc(S(=O)(=O)NCCn2nc(-c3sc(C)nc3C)ccc2=O)cc1. The van der Waals surface area contributed by atoms with Crippen LogP contribution in [-0.4, -0.2) is 42.3 Å². The highest BCUT2D eigenvalue weighted by Gasteiger charge is 2.16. The number of thiazole rings is 1. The van der Waals surface area contributed by atoms with Crippen molar-refractivity contribution in [1.29, 1.82) is 0 Å². The Morgan fingerprint density at radius 1 is 1.16 bits per heavy atom. The van der Waals surface area contributed by atoms with Crippen LogP contribution in [0.2, 0.25) is 0 Å². The molecule has 0 bridgehead atoms. The van der Waals surface area contributed by atoms with E-state index in [0.29, 0.717) is 5.69 Å². The molecule has 2 aromatic heterocycles. The maximum Gasteiger partial charge on any atom is 0.338 e. The third-order valence-electron chi connectivity index (χ3n) is 4.29. The van der Waals surface area contributed by atoms with Gasteiger partial charge >= 0.3 is 5.97 Å². The van der Waals surface area contributed by atoms with Gasteiger partial charge in [0.2, 0.25) is 10.0 Å². The number of nitrogens with one attached hydrogen (secondary N) is 1. The van der Waals surface area contributed by atoms with Crippen LogP contribution in [0.25, 0.3) is 10.6 Å². The lowest BCUT2D eigenvalue weighted by Gasteiger charge is -2.09. The summed E-state index contributed by atoms with van der Waals surface area (Å²) < 4.78 is 33.6. The van der Waals surface area contributed by atoms with Crippen LogP contribution in [0.15, 0.2) is 46.1 Å². The van der Waals surface area contributed by atoms with Crippen molar-refractivity contribution in [3.8, 4) is 10.6 Å². The molecule has 9 nitrogen and oxygen atoms in total. The molecule has 0 amide bonds. The van der Waals surface area contributed by atoms with E-state index >= 15 is 0 Å². The molecule has 0 aliphatic rings. The predicted octanol–water partition coefficient (Wildman–Crippen LogP) is 2.14. The number of nitrogens with zero attached hydrogens (tertiary/aromatic N) is 3. The molecule has 0 aliphatic carbocycles. The van der Waals surface area contributed by atoms with E-state index in [4.69, 9.17) is 4.74 Å². The van der Waals surface area contributed by atoms with Gasteiger partial charge in [0.25, 0.3) is 5.56 Å². The summed E-state index contributed by atoms with van der Waals surface area (Å²) in [6.07, 6.45) is 0. The quantitative estimate of drug-likeness (QED) is 0.509. The number of rotatable bonds is 8. The van der Waals surface area contributed by atoms with Gasteiger partial charge in [-0.25, -0.2) is 27.6 Å². The van der Waals surface area contributed by atoms with Gasteiger partial charge in [0.15, 0.2) is 0 Å². The first kappa shape index (κ1) is 22.8. The molecule has 31 heavy (non-hydrogen) atoms. The summed E-state index contributed by atoms with van der Waals surface area (Å²) in [7, 11) is -3.82. The van der Waals surface area contributed by atoms with Crippen LogP contribution in [0.4, 0.5) is 0 Å². The highest BCUT2D eigenvalue weighted by molar-refractivity contribution is 7.89. The van der Waals surface area contributed by atoms with E-state index in [1.54, 1.807) is 13.0 Å². The van der Waals surface area contributed by atoms with Crippen molar-refractivity contribution < 1.29 is 17.9 Å². The summed E-state index contributed by atoms with van der Waals surface area (Å²) in [6.45, 7) is 5.72. The average Bonchev–Trinajstić information content (AvgIpc) is 3.07. The number of carbonyl (C=O) groups excluding carboxylic acids is 1. The minimum Gasteiger partial charge on any atom is -0.462 e. The Balaban J connectivity index is 1.69. The molecule has 0 atom stereocenters. The van der Waals surface area contributed by atoms with Gasteiger partial charge in [0.1, 0.15) is 5.69 Å². The molecule has 0 saturated heterocycles. The molecule has 2 heterocycles. The first-order chi connectivity index (χ1) is 14.7. The molecule has 0 aliphatic heterocycles. The second-order valence-corrected chi connectivity index (χ2v) is 9.54. The number of sulfonamides is 1. The van der Waals surface area contributed by atoms with Gasteiger partial charge in [-0.2, -0.15) is 5.10 Å². The number of carbonyl (C=O) groups is 1. The smallest absolute Gasteiger partial charge is 0.338 e. The normalized spacial score (nSPS) is 11.5. The Morgan fingerprint density at radius 2 is 1.87 bits per heavy atom. The van der Waals surface area contributed by atoms with E-state index in [1.165, 1.54) is 46.4 Å². The predicted molar refractivity (Wildman–Crippen MR) is 117 cm³/mol. The first-order valence-electron chi connectivity index (χ1n) is 9.50. The third kappa shape index (κ3) is 5.43. The molecule has 3 aromatic rings. The molecule has 0 saturated carbocycles. The fourth-order valence-corrected chi connectivity index (χ4v) is 4.76. The summed E-state index contributed by atoms with van der Waals surface area (Å²) >= 11 is 1.48. The van der Waals surface area contributed by atoms with Gasteiger partial charge in [-0.05, 0) is 51.1 Å². The Morgan fingerprint density at radius 3 is 2.48 bits per heavy atom. The first-order valence-corrected chi connectivity index (χ1v) is 11.8. The van der Waals surface area contributed by atoms with Crippen LogP contribution < -0.4 is 10.3 Å². The Bertz CT molecular complexity index is 1250. The summed E-state index contributed by atoms with van der Waals surface area (Å²) in [4.78, 5) is 29.1. The van der Waals surface area contributed by atoms with E-state index in [0.717, 1.165) is 15.6 Å². The number of benzene rings is 1. The van der Waals surface area contributed by atoms with Crippen molar-refractivity contribution in [3.63, 3.8) is 0 Å². The van der Waals surface area contributed by atoms with Crippen LogP contribution in [0.5, 0.6) is 0 Å². The van der Waals surface area contributed by atoms with E-state index in [1.807, 2.05) is 13.8 Å².